The van der Waals surface area contributed by atoms with Gasteiger partial charge in [0.15, 0.2) is 0 Å². The molecule has 18 heavy (non-hydrogen) atoms. The van der Waals surface area contributed by atoms with E-state index in [9.17, 15) is 4.79 Å². The van der Waals surface area contributed by atoms with E-state index in [1.165, 1.54) is 12.8 Å². The van der Waals surface area contributed by atoms with Gasteiger partial charge in [-0.3, -0.25) is 4.79 Å². The van der Waals surface area contributed by atoms with Crippen molar-refractivity contribution in [2.24, 2.45) is 5.92 Å². The van der Waals surface area contributed by atoms with Gasteiger partial charge in [0.2, 0.25) is 0 Å². The van der Waals surface area contributed by atoms with Crippen molar-refractivity contribution < 1.29 is 4.79 Å². The van der Waals surface area contributed by atoms with Crippen molar-refractivity contribution in [3.05, 3.63) is 16.1 Å². The SMILES string of the molecule is Cc1nc(CC(=O)C2CC3CCC(C2)N3C)cs1. The molecule has 2 fully saturated rings. The molecule has 0 radical (unpaired) electrons. The van der Waals surface area contributed by atoms with E-state index >= 15 is 0 Å². The molecule has 98 valence electrons. The summed E-state index contributed by atoms with van der Waals surface area (Å²) >= 11 is 1.64. The van der Waals surface area contributed by atoms with Gasteiger partial charge < -0.3 is 4.90 Å². The summed E-state index contributed by atoms with van der Waals surface area (Å²) in [7, 11) is 2.22. The van der Waals surface area contributed by atoms with Gasteiger partial charge in [-0.1, -0.05) is 0 Å². The van der Waals surface area contributed by atoms with E-state index in [0.717, 1.165) is 23.5 Å². The lowest BCUT2D eigenvalue weighted by Gasteiger charge is -2.35. The summed E-state index contributed by atoms with van der Waals surface area (Å²) < 4.78 is 0. The minimum atomic E-state index is 0.278. The molecule has 1 aromatic heterocycles. The number of carbonyl (C=O) groups is 1. The third-order valence-electron chi connectivity index (χ3n) is 4.58. The number of thiazole rings is 1. The van der Waals surface area contributed by atoms with Gasteiger partial charge in [-0.25, -0.2) is 4.98 Å². The second-order valence-electron chi connectivity index (χ2n) is 5.72. The van der Waals surface area contributed by atoms with Crippen LogP contribution in [-0.4, -0.2) is 34.8 Å². The van der Waals surface area contributed by atoms with Crippen LogP contribution in [0.15, 0.2) is 5.38 Å². The Labute approximate surface area is 112 Å². The lowest BCUT2D eigenvalue weighted by atomic mass is 9.86. The van der Waals surface area contributed by atoms with Crippen LogP contribution in [0.4, 0.5) is 0 Å². The molecule has 0 saturated carbocycles. The number of aromatic nitrogens is 1. The van der Waals surface area contributed by atoms with E-state index in [4.69, 9.17) is 0 Å². The molecule has 2 unspecified atom stereocenters. The number of piperidine rings is 1. The molecular formula is C14H20N2OS. The van der Waals surface area contributed by atoms with E-state index in [0.29, 0.717) is 24.3 Å². The molecule has 0 spiro atoms. The smallest absolute Gasteiger partial charge is 0.142 e. The van der Waals surface area contributed by atoms with E-state index in [2.05, 4.69) is 16.9 Å². The highest BCUT2D eigenvalue weighted by molar-refractivity contribution is 7.09. The topological polar surface area (TPSA) is 33.2 Å². The highest BCUT2D eigenvalue weighted by Gasteiger charge is 2.40. The van der Waals surface area contributed by atoms with Crippen LogP contribution in [0.2, 0.25) is 0 Å². The van der Waals surface area contributed by atoms with Gasteiger partial charge >= 0.3 is 0 Å². The van der Waals surface area contributed by atoms with Crippen molar-refractivity contribution in [3.63, 3.8) is 0 Å². The molecule has 2 aliphatic heterocycles. The average Bonchev–Trinajstić information content (AvgIpc) is 2.80. The van der Waals surface area contributed by atoms with Crippen LogP contribution in [0.5, 0.6) is 0 Å². The Morgan fingerprint density at radius 1 is 1.44 bits per heavy atom. The first-order valence-electron chi connectivity index (χ1n) is 6.79. The van der Waals surface area contributed by atoms with E-state index in [1.54, 1.807) is 11.3 Å². The maximum atomic E-state index is 12.3. The third kappa shape index (κ3) is 2.24. The maximum Gasteiger partial charge on any atom is 0.142 e. The van der Waals surface area contributed by atoms with Crippen LogP contribution in [0, 0.1) is 12.8 Å². The minimum Gasteiger partial charge on any atom is -0.300 e. The fourth-order valence-electron chi connectivity index (χ4n) is 3.49. The van der Waals surface area contributed by atoms with Gasteiger partial charge in [0.25, 0.3) is 0 Å². The lowest BCUT2D eigenvalue weighted by Crippen LogP contribution is -2.42. The Hall–Kier alpha value is -0.740. The van der Waals surface area contributed by atoms with Crippen molar-refractivity contribution in [1.82, 2.24) is 9.88 Å². The molecule has 1 aromatic rings. The second-order valence-corrected chi connectivity index (χ2v) is 6.78. The highest BCUT2D eigenvalue weighted by Crippen LogP contribution is 2.38. The Morgan fingerprint density at radius 2 is 2.11 bits per heavy atom. The number of fused-ring (bicyclic) bond motifs is 2. The van der Waals surface area contributed by atoms with E-state index < -0.39 is 0 Å². The van der Waals surface area contributed by atoms with E-state index in [1.807, 2.05) is 12.3 Å². The highest BCUT2D eigenvalue weighted by atomic mass is 32.1. The minimum absolute atomic E-state index is 0.278. The van der Waals surface area contributed by atoms with Crippen LogP contribution in [0.1, 0.15) is 36.4 Å². The maximum absolute atomic E-state index is 12.3. The summed E-state index contributed by atoms with van der Waals surface area (Å²) in [6, 6.07) is 1.30. The number of rotatable bonds is 3. The van der Waals surface area contributed by atoms with Gasteiger partial charge in [-0.2, -0.15) is 0 Å². The zero-order valence-electron chi connectivity index (χ0n) is 11.1. The zero-order chi connectivity index (χ0) is 12.7. The number of nitrogens with zero attached hydrogens (tertiary/aromatic N) is 2. The van der Waals surface area contributed by atoms with Gasteiger partial charge in [-0.15, -0.1) is 11.3 Å². The first kappa shape index (κ1) is 12.3. The molecule has 2 bridgehead atoms. The number of aryl methyl sites for hydroxylation is 1. The summed E-state index contributed by atoms with van der Waals surface area (Å²) in [5.41, 5.74) is 0.966. The molecule has 3 rings (SSSR count). The molecule has 0 N–H and O–H groups in total. The molecule has 0 aliphatic carbocycles. The Kier molecular flexibility index (Phi) is 3.24. The van der Waals surface area contributed by atoms with Crippen molar-refractivity contribution in [3.8, 4) is 0 Å². The number of hydrogen-bond acceptors (Lipinski definition) is 4. The molecular weight excluding hydrogens is 244 g/mol. The third-order valence-corrected chi connectivity index (χ3v) is 5.40. The summed E-state index contributed by atoms with van der Waals surface area (Å²) in [5.74, 6) is 0.686. The molecule has 3 nitrogen and oxygen atoms in total. The predicted octanol–water partition coefficient (Wildman–Crippen LogP) is 2.44. The van der Waals surface area contributed by atoms with Crippen LogP contribution >= 0.6 is 11.3 Å². The fraction of sp³-hybridized carbons (Fsp3) is 0.714. The van der Waals surface area contributed by atoms with Gasteiger partial charge in [0.1, 0.15) is 5.78 Å². The Bertz CT molecular complexity index is 442. The molecule has 3 heterocycles. The van der Waals surface area contributed by atoms with Crippen LogP contribution < -0.4 is 0 Å². The normalized spacial score (nSPS) is 31.8. The molecule has 0 amide bonds. The average molecular weight is 264 g/mol. The Morgan fingerprint density at radius 3 is 2.67 bits per heavy atom. The monoisotopic (exact) mass is 264 g/mol. The van der Waals surface area contributed by atoms with E-state index in [-0.39, 0.29) is 5.92 Å². The quantitative estimate of drug-likeness (QED) is 0.840. The summed E-state index contributed by atoms with van der Waals surface area (Å²) in [6.07, 6.45) is 5.23. The number of carbonyl (C=O) groups excluding carboxylic acids is 1. The summed E-state index contributed by atoms with van der Waals surface area (Å²) in [4.78, 5) is 19.2. The molecule has 2 atom stereocenters. The fourth-order valence-corrected chi connectivity index (χ4v) is 4.10. The second kappa shape index (κ2) is 4.74. The lowest BCUT2D eigenvalue weighted by molar-refractivity contribution is -0.124. The van der Waals surface area contributed by atoms with Gasteiger partial charge in [0.05, 0.1) is 10.7 Å². The molecule has 2 saturated heterocycles. The molecule has 0 aromatic carbocycles. The Balaban J connectivity index is 1.64. The van der Waals surface area contributed by atoms with Crippen LogP contribution in [0.3, 0.4) is 0 Å². The number of ketones is 1. The van der Waals surface area contributed by atoms with Crippen molar-refractivity contribution >= 4 is 17.1 Å². The first-order chi connectivity index (χ1) is 8.63. The van der Waals surface area contributed by atoms with Crippen LogP contribution in [0.25, 0.3) is 0 Å². The molecule has 4 heteroatoms. The summed E-state index contributed by atoms with van der Waals surface area (Å²) in [5, 5.41) is 3.08. The van der Waals surface area contributed by atoms with Gasteiger partial charge in [-0.05, 0) is 39.7 Å². The summed E-state index contributed by atoms with van der Waals surface area (Å²) in [6.45, 7) is 1.99. The zero-order valence-corrected chi connectivity index (χ0v) is 11.9. The van der Waals surface area contributed by atoms with Crippen molar-refractivity contribution in [2.75, 3.05) is 7.05 Å². The van der Waals surface area contributed by atoms with Crippen LogP contribution in [-0.2, 0) is 11.2 Å². The van der Waals surface area contributed by atoms with Crippen molar-refractivity contribution in [1.29, 1.82) is 0 Å². The number of hydrogen-bond donors (Lipinski definition) is 0. The van der Waals surface area contributed by atoms with Gasteiger partial charge in [0, 0.05) is 29.8 Å². The predicted molar refractivity (Wildman–Crippen MR) is 72.9 cm³/mol. The largest absolute Gasteiger partial charge is 0.300 e. The standard InChI is InChI=1S/C14H20N2OS/c1-9-15-11(8-18-9)7-14(17)10-5-12-3-4-13(6-10)16(12)2/h8,10,12-13H,3-7H2,1-2H3. The first-order valence-corrected chi connectivity index (χ1v) is 7.67. The molecule has 2 aliphatic rings. The number of Topliss-reactive ketones (excluding diaryl/α,β-unsaturated/α-hetero) is 1. The van der Waals surface area contributed by atoms with Crippen molar-refractivity contribution in [2.45, 2.75) is 51.1 Å².